The Bertz CT molecular complexity index is 392. The fourth-order valence-electron chi connectivity index (χ4n) is 1.53. The number of methoxy groups -OCH3 is 1. The average molecular weight is 257 g/mol. The third kappa shape index (κ3) is 3.09. The molecule has 0 spiro atoms. The van der Waals surface area contributed by atoms with Crippen molar-refractivity contribution in [3.05, 3.63) is 5.56 Å². The summed E-state index contributed by atoms with van der Waals surface area (Å²) in [5.41, 5.74) is 6.07. The normalized spacial score (nSPS) is 12.2. The Morgan fingerprint density at radius 3 is 2.82 bits per heavy atom. The van der Waals surface area contributed by atoms with Crippen molar-refractivity contribution in [2.75, 3.05) is 31.3 Å². The van der Waals surface area contributed by atoms with Gasteiger partial charge in [0.2, 0.25) is 0 Å². The number of rotatable bonds is 5. The standard InChI is InChI=1S/C11H19N3O2S/c1-5-7(2)6-14(3)10-8(11(15)16-4)9(12)13-17-10/h7H,5-6H2,1-4H3,(H2,12,13). The van der Waals surface area contributed by atoms with Crippen LogP contribution in [0.15, 0.2) is 0 Å². The number of hydrogen-bond acceptors (Lipinski definition) is 6. The highest BCUT2D eigenvalue weighted by molar-refractivity contribution is 7.11. The second kappa shape index (κ2) is 5.86. The van der Waals surface area contributed by atoms with Gasteiger partial charge in [-0.05, 0) is 17.5 Å². The maximum absolute atomic E-state index is 11.6. The van der Waals surface area contributed by atoms with Gasteiger partial charge in [0.05, 0.1) is 7.11 Å². The molecule has 0 saturated heterocycles. The van der Waals surface area contributed by atoms with Crippen molar-refractivity contribution < 1.29 is 9.53 Å². The Balaban J connectivity index is 2.94. The van der Waals surface area contributed by atoms with Crippen LogP contribution in [-0.2, 0) is 4.74 Å². The molecule has 1 heterocycles. The lowest BCUT2D eigenvalue weighted by Gasteiger charge is -2.21. The zero-order valence-electron chi connectivity index (χ0n) is 10.7. The van der Waals surface area contributed by atoms with Crippen LogP contribution in [0, 0.1) is 5.92 Å². The fourth-order valence-corrected chi connectivity index (χ4v) is 2.30. The topological polar surface area (TPSA) is 68.5 Å². The molecule has 0 amide bonds. The van der Waals surface area contributed by atoms with Crippen molar-refractivity contribution in [1.82, 2.24) is 4.37 Å². The molecule has 1 rings (SSSR count). The Morgan fingerprint density at radius 2 is 2.29 bits per heavy atom. The summed E-state index contributed by atoms with van der Waals surface area (Å²) >= 11 is 1.23. The summed E-state index contributed by atoms with van der Waals surface area (Å²) < 4.78 is 8.74. The minimum absolute atomic E-state index is 0.243. The molecule has 0 aliphatic heterocycles. The molecule has 0 fully saturated rings. The molecule has 1 atom stereocenters. The maximum Gasteiger partial charge on any atom is 0.344 e. The van der Waals surface area contributed by atoms with Crippen LogP contribution >= 0.6 is 11.5 Å². The van der Waals surface area contributed by atoms with Crippen LogP contribution in [-0.4, -0.2) is 31.0 Å². The first kappa shape index (κ1) is 13.8. The Labute approximate surface area is 106 Å². The predicted molar refractivity (Wildman–Crippen MR) is 70.6 cm³/mol. The van der Waals surface area contributed by atoms with E-state index in [2.05, 4.69) is 18.2 Å². The van der Waals surface area contributed by atoms with Gasteiger partial charge < -0.3 is 15.4 Å². The predicted octanol–water partition coefficient (Wildman–Crippen LogP) is 1.99. The lowest BCUT2D eigenvalue weighted by atomic mass is 10.1. The molecule has 17 heavy (non-hydrogen) atoms. The van der Waals surface area contributed by atoms with Gasteiger partial charge in [-0.15, -0.1) is 0 Å². The van der Waals surface area contributed by atoms with Gasteiger partial charge in [-0.3, -0.25) is 0 Å². The molecule has 96 valence electrons. The minimum Gasteiger partial charge on any atom is -0.465 e. The number of anilines is 2. The largest absolute Gasteiger partial charge is 0.465 e. The summed E-state index contributed by atoms with van der Waals surface area (Å²) in [5, 5.41) is 0.773. The van der Waals surface area contributed by atoms with Gasteiger partial charge in [0.1, 0.15) is 10.6 Å². The molecule has 0 saturated carbocycles. The van der Waals surface area contributed by atoms with E-state index in [4.69, 9.17) is 10.5 Å². The zero-order valence-corrected chi connectivity index (χ0v) is 11.5. The molecule has 1 unspecified atom stereocenters. The van der Waals surface area contributed by atoms with Crippen LogP contribution < -0.4 is 10.6 Å². The first-order chi connectivity index (χ1) is 8.01. The Hall–Kier alpha value is -1.30. The molecule has 5 nitrogen and oxygen atoms in total. The van der Waals surface area contributed by atoms with Crippen LogP contribution in [0.25, 0.3) is 0 Å². The van der Waals surface area contributed by atoms with E-state index in [-0.39, 0.29) is 5.82 Å². The molecular weight excluding hydrogens is 238 g/mol. The number of hydrogen-bond donors (Lipinski definition) is 1. The van der Waals surface area contributed by atoms with Crippen molar-refractivity contribution in [2.24, 2.45) is 5.92 Å². The molecule has 0 aromatic carbocycles. The van der Waals surface area contributed by atoms with Crippen molar-refractivity contribution in [2.45, 2.75) is 20.3 Å². The van der Waals surface area contributed by atoms with E-state index in [1.807, 2.05) is 11.9 Å². The van der Waals surface area contributed by atoms with Crippen molar-refractivity contribution in [3.63, 3.8) is 0 Å². The minimum atomic E-state index is -0.428. The molecule has 0 aliphatic carbocycles. The van der Waals surface area contributed by atoms with Crippen LogP contribution in [0.2, 0.25) is 0 Å². The lowest BCUT2D eigenvalue weighted by Crippen LogP contribution is -2.24. The molecule has 1 aromatic rings. The average Bonchev–Trinajstić information content (AvgIpc) is 2.70. The van der Waals surface area contributed by atoms with Gasteiger partial charge in [-0.1, -0.05) is 20.3 Å². The van der Waals surface area contributed by atoms with Crippen LogP contribution in [0.5, 0.6) is 0 Å². The first-order valence-corrected chi connectivity index (χ1v) is 6.33. The number of esters is 1. The monoisotopic (exact) mass is 257 g/mol. The summed E-state index contributed by atoms with van der Waals surface area (Å²) in [6, 6.07) is 0. The van der Waals surface area contributed by atoms with Gasteiger partial charge in [-0.25, -0.2) is 4.79 Å². The summed E-state index contributed by atoms with van der Waals surface area (Å²) in [4.78, 5) is 13.6. The van der Waals surface area contributed by atoms with Crippen molar-refractivity contribution >= 4 is 28.3 Å². The second-order valence-electron chi connectivity index (χ2n) is 4.13. The highest BCUT2D eigenvalue weighted by Crippen LogP contribution is 2.30. The number of aromatic nitrogens is 1. The molecule has 6 heteroatoms. The SMILES string of the molecule is CCC(C)CN(C)c1snc(N)c1C(=O)OC. The number of carbonyl (C=O) groups is 1. The first-order valence-electron chi connectivity index (χ1n) is 5.55. The molecule has 0 bridgehead atoms. The highest BCUT2D eigenvalue weighted by atomic mass is 32.1. The number of ether oxygens (including phenoxy) is 1. The van der Waals surface area contributed by atoms with Gasteiger partial charge in [0, 0.05) is 13.6 Å². The zero-order chi connectivity index (χ0) is 13.0. The van der Waals surface area contributed by atoms with Crippen molar-refractivity contribution in [1.29, 1.82) is 0 Å². The van der Waals surface area contributed by atoms with E-state index in [1.165, 1.54) is 18.6 Å². The van der Waals surface area contributed by atoms with E-state index in [0.717, 1.165) is 18.0 Å². The smallest absolute Gasteiger partial charge is 0.344 e. The number of nitrogens with two attached hydrogens (primary N) is 1. The lowest BCUT2D eigenvalue weighted by molar-refractivity contribution is 0.0603. The molecule has 0 radical (unpaired) electrons. The summed E-state index contributed by atoms with van der Waals surface area (Å²) in [6.45, 7) is 5.17. The highest BCUT2D eigenvalue weighted by Gasteiger charge is 2.22. The maximum atomic E-state index is 11.6. The third-order valence-corrected chi connectivity index (χ3v) is 3.70. The van der Waals surface area contributed by atoms with Gasteiger partial charge >= 0.3 is 5.97 Å². The van der Waals surface area contributed by atoms with Gasteiger partial charge in [-0.2, -0.15) is 4.37 Å². The number of nitrogens with zero attached hydrogens (tertiary/aromatic N) is 2. The molecule has 0 aliphatic rings. The van der Waals surface area contributed by atoms with Gasteiger partial charge in [0.25, 0.3) is 0 Å². The second-order valence-corrected chi connectivity index (χ2v) is 4.89. The van der Waals surface area contributed by atoms with Gasteiger partial charge in [0.15, 0.2) is 5.82 Å². The van der Waals surface area contributed by atoms with Crippen molar-refractivity contribution in [3.8, 4) is 0 Å². The van der Waals surface area contributed by atoms with E-state index in [1.54, 1.807) is 0 Å². The molecular formula is C11H19N3O2S. The third-order valence-electron chi connectivity index (χ3n) is 2.72. The summed E-state index contributed by atoms with van der Waals surface area (Å²) in [5.74, 6) is 0.365. The van der Waals surface area contributed by atoms with Crippen LogP contribution in [0.1, 0.15) is 30.6 Å². The van der Waals surface area contributed by atoms with E-state index < -0.39 is 5.97 Å². The summed E-state index contributed by atoms with van der Waals surface area (Å²) in [6.07, 6.45) is 1.09. The molecule has 2 N–H and O–H groups in total. The van der Waals surface area contributed by atoms with E-state index in [9.17, 15) is 4.79 Å². The van der Waals surface area contributed by atoms with E-state index in [0.29, 0.717) is 11.5 Å². The van der Waals surface area contributed by atoms with Crippen LogP contribution in [0.3, 0.4) is 0 Å². The molecule has 1 aromatic heterocycles. The van der Waals surface area contributed by atoms with Crippen LogP contribution in [0.4, 0.5) is 10.8 Å². The number of carbonyl (C=O) groups excluding carboxylic acids is 1. The fraction of sp³-hybridized carbons (Fsp3) is 0.636. The Morgan fingerprint density at radius 1 is 1.65 bits per heavy atom. The Kier molecular flexibility index (Phi) is 4.74. The number of nitrogen functional groups attached to an aromatic ring is 1. The van der Waals surface area contributed by atoms with E-state index >= 15 is 0 Å². The summed E-state index contributed by atoms with van der Waals surface area (Å²) in [7, 11) is 3.28. The quantitative estimate of drug-likeness (QED) is 0.817.